The summed E-state index contributed by atoms with van der Waals surface area (Å²) in [4.78, 5) is 16.4. The van der Waals surface area contributed by atoms with Crippen LogP contribution in [0.1, 0.15) is 43.5 Å². The number of aryl methyl sites for hydroxylation is 1. The number of ketones is 1. The highest BCUT2D eigenvalue weighted by atomic mass is 35.5. The van der Waals surface area contributed by atoms with Gasteiger partial charge in [-0.25, -0.2) is 4.98 Å². The molecule has 0 fully saturated rings. The lowest BCUT2D eigenvalue weighted by atomic mass is 9.95. The number of nitrogens with zero attached hydrogens (tertiary/aromatic N) is 1. The van der Waals surface area contributed by atoms with E-state index in [9.17, 15) is 4.79 Å². The van der Waals surface area contributed by atoms with Crippen LogP contribution in [0.25, 0.3) is 22.6 Å². The van der Waals surface area contributed by atoms with Crippen molar-refractivity contribution in [3.05, 3.63) is 113 Å². The Morgan fingerprint density at radius 3 is 2.62 bits per heavy atom. The van der Waals surface area contributed by atoms with Gasteiger partial charge in [0.15, 0.2) is 5.78 Å². The Morgan fingerprint density at radius 1 is 1.09 bits per heavy atom. The Bertz CT molecular complexity index is 1230. The van der Waals surface area contributed by atoms with Gasteiger partial charge in [0.25, 0.3) is 0 Å². The van der Waals surface area contributed by atoms with Crippen molar-refractivity contribution in [2.75, 3.05) is 0 Å². The van der Waals surface area contributed by atoms with Gasteiger partial charge in [-0.05, 0) is 79.7 Å². The zero-order chi connectivity index (χ0) is 23.1. The topological polar surface area (TPSA) is 30.0 Å². The highest BCUT2D eigenvalue weighted by molar-refractivity contribution is 6.31. The molecule has 0 radical (unpaired) electrons. The van der Waals surface area contributed by atoms with Crippen molar-refractivity contribution in [1.29, 1.82) is 0 Å². The summed E-state index contributed by atoms with van der Waals surface area (Å²) < 4.78 is 0. The van der Waals surface area contributed by atoms with Crippen LogP contribution in [0.5, 0.6) is 0 Å². The fourth-order valence-electron chi connectivity index (χ4n) is 3.65. The molecule has 1 heterocycles. The maximum Gasteiger partial charge on any atom is 0.159 e. The molecule has 32 heavy (non-hydrogen) atoms. The predicted molar refractivity (Wildman–Crippen MR) is 138 cm³/mol. The lowest BCUT2D eigenvalue weighted by molar-refractivity contribution is -0.113. The first kappa shape index (κ1) is 23.4. The molecule has 0 saturated heterocycles. The largest absolute Gasteiger partial charge is 0.295 e. The van der Waals surface area contributed by atoms with Crippen LogP contribution in [0, 0.1) is 0 Å². The molecule has 0 amide bonds. The lowest BCUT2D eigenvalue weighted by Gasteiger charge is -2.09. The number of aromatic nitrogens is 1. The first-order chi connectivity index (χ1) is 15.4. The van der Waals surface area contributed by atoms with E-state index in [-0.39, 0.29) is 5.78 Å². The van der Waals surface area contributed by atoms with Gasteiger partial charge in [0, 0.05) is 16.0 Å². The van der Waals surface area contributed by atoms with Gasteiger partial charge >= 0.3 is 0 Å². The zero-order valence-corrected chi connectivity index (χ0v) is 19.5. The van der Waals surface area contributed by atoms with Gasteiger partial charge in [-0.15, -0.1) is 0 Å². The van der Waals surface area contributed by atoms with Gasteiger partial charge in [0.05, 0.1) is 11.2 Å². The highest BCUT2D eigenvalue weighted by Gasteiger charge is 2.08. The zero-order valence-electron chi connectivity index (χ0n) is 18.7. The first-order valence-electron chi connectivity index (χ1n) is 10.7. The van der Waals surface area contributed by atoms with Gasteiger partial charge in [-0.3, -0.25) is 4.79 Å². The third-order valence-electron chi connectivity index (χ3n) is 5.47. The monoisotopic (exact) mass is 441 g/mol. The van der Waals surface area contributed by atoms with Gasteiger partial charge < -0.3 is 0 Å². The summed E-state index contributed by atoms with van der Waals surface area (Å²) in [7, 11) is 0. The number of carbonyl (C=O) groups is 1. The van der Waals surface area contributed by atoms with E-state index in [2.05, 4.69) is 56.5 Å². The molecule has 0 aliphatic rings. The fourth-order valence-corrected chi connectivity index (χ4v) is 3.82. The molecular formula is C29H28ClNO. The van der Waals surface area contributed by atoms with Crippen molar-refractivity contribution >= 4 is 39.9 Å². The molecule has 0 bridgehead atoms. The van der Waals surface area contributed by atoms with Gasteiger partial charge in [-0.2, -0.15) is 0 Å². The number of fused-ring (bicyclic) bond motifs is 1. The van der Waals surface area contributed by atoms with Crippen LogP contribution in [0.15, 0.2) is 91.1 Å². The molecule has 2 aromatic carbocycles. The Hall–Kier alpha value is -3.23. The Balaban J connectivity index is 1.72. The maximum absolute atomic E-state index is 11.7. The van der Waals surface area contributed by atoms with Crippen molar-refractivity contribution < 1.29 is 4.79 Å². The van der Waals surface area contributed by atoms with Gasteiger partial charge in [-0.1, -0.05) is 73.3 Å². The van der Waals surface area contributed by atoms with E-state index in [1.807, 2.05) is 30.3 Å². The molecule has 0 spiro atoms. The number of carbonyl (C=O) groups excluding carboxylic acids is 1. The molecule has 2 nitrogen and oxygen atoms in total. The van der Waals surface area contributed by atoms with E-state index < -0.39 is 0 Å². The maximum atomic E-state index is 11.7. The summed E-state index contributed by atoms with van der Waals surface area (Å²) in [5.41, 5.74) is 6.92. The second kappa shape index (κ2) is 10.9. The normalized spacial score (nSPS) is 12.1. The predicted octanol–water partition coefficient (Wildman–Crippen LogP) is 8.03. The number of hydrogen-bond donors (Lipinski definition) is 0. The van der Waals surface area contributed by atoms with E-state index in [0.717, 1.165) is 47.0 Å². The Morgan fingerprint density at radius 2 is 1.88 bits per heavy atom. The van der Waals surface area contributed by atoms with Crippen molar-refractivity contribution in [2.45, 2.75) is 33.1 Å². The second-order valence-electron chi connectivity index (χ2n) is 7.92. The molecule has 3 aromatic rings. The lowest BCUT2D eigenvalue weighted by Crippen LogP contribution is -2.00. The van der Waals surface area contributed by atoms with E-state index >= 15 is 0 Å². The molecule has 1 aromatic heterocycles. The third-order valence-corrected chi connectivity index (χ3v) is 5.70. The summed E-state index contributed by atoms with van der Waals surface area (Å²) in [6.45, 7) is 11.3. The van der Waals surface area contributed by atoms with Crippen LogP contribution in [0.4, 0.5) is 0 Å². The van der Waals surface area contributed by atoms with E-state index in [1.54, 1.807) is 13.0 Å². The molecule has 0 atom stereocenters. The molecule has 0 N–H and O–H groups in total. The third kappa shape index (κ3) is 6.15. The van der Waals surface area contributed by atoms with Crippen LogP contribution in [0.3, 0.4) is 0 Å². The molecule has 162 valence electrons. The minimum atomic E-state index is 0.00503. The summed E-state index contributed by atoms with van der Waals surface area (Å²) in [5.74, 6) is 0.00503. The highest BCUT2D eigenvalue weighted by Crippen LogP contribution is 2.23. The summed E-state index contributed by atoms with van der Waals surface area (Å²) >= 11 is 6.12. The number of pyridine rings is 1. The van der Waals surface area contributed by atoms with Crippen LogP contribution in [-0.4, -0.2) is 10.8 Å². The number of rotatable bonds is 9. The molecule has 0 aliphatic carbocycles. The molecule has 0 aliphatic heterocycles. The first-order valence-corrected chi connectivity index (χ1v) is 11.1. The summed E-state index contributed by atoms with van der Waals surface area (Å²) in [6.07, 6.45) is 8.36. The van der Waals surface area contributed by atoms with Crippen LogP contribution >= 0.6 is 11.6 Å². The molecule has 3 heteroatoms. The van der Waals surface area contributed by atoms with Crippen LogP contribution in [-0.2, 0) is 11.2 Å². The fraction of sp³-hybridized carbons (Fsp3) is 0.172. The number of halogens is 1. The number of benzene rings is 2. The molecule has 3 rings (SSSR count). The Kier molecular flexibility index (Phi) is 7.97. The molecular weight excluding hydrogens is 414 g/mol. The average Bonchev–Trinajstić information content (AvgIpc) is 2.78. The number of Topliss-reactive ketones (excluding diaryl/α,β-unsaturated/α-hetero) is 1. The van der Waals surface area contributed by atoms with Crippen molar-refractivity contribution in [3.8, 4) is 0 Å². The smallest absolute Gasteiger partial charge is 0.159 e. The Labute approximate surface area is 195 Å². The van der Waals surface area contributed by atoms with Crippen molar-refractivity contribution in [3.63, 3.8) is 0 Å². The standard InChI is InChI=1S/C29H28ClNO/c1-5-8-24(21(3)22(4)32)11-6-9-23-10-7-12-26(18-23)20(2)17-28-16-14-25-13-15-27(30)19-29(25)31-28/h5,7-8,10,12-19H,1,3,6,9,11H2,2,4H3/b20-17+,24-8-. The van der Waals surface area contributed by atoms with Crippen LogP contribution < -0.4 is 0 Å². The van der Waals surface area contributed by atoms with Crippen LogP contribution in [0.2, 0.25) is 5.02 Å². The molecule has 0 unspecified atom stereocenters. The van der Waals surface area contributed by atoms with Gasteiger partial charge in [0.1, 0.15) is 0 Å². The number of hydrogen-bond acceptors (Lipinski definition) is 2. The van der Waals surface area contributed by atoms with E-state index in [1.165, 1.54) is 11.1 Å². The van der Waals surface area contributed by atoms with Crippen molar-refractivity contribution in [1.82, 2.24) is 4.98 Å². The summed E-state index contributed by atoms with van der Waals surface area (Å²) in [5, 5.41) is 1.76. The number of allylic oxidation sites excluding steroid dienone is 5. The SMILES string of the molecule is C=C/C=C(/CCCc1cccc(/C(C)=C/c2ccc3ccc(Cl)cc3n2)c1)C(=C)C(C)=O. The molecule has 0 saturated carbocycles. The van der Waals surface area contributed by atoms with Crippen molar-refractivity contribution in [2.24, 2.45) is 0 Å². The minimum absolute atomic E-state index is 0.00503. The quantitative estimate of drug-likeness (QED) is 0.248. The summed E-state index contributed by atoms with van der Waals surface area (Å²) in [6, 6.07) is 18.4. The minimum Gasteiger partial charge on any atom is -0.295 e. The van der Waals surface area contributed by atoms with E-state index in [0.29, 0.717) is 10.6 Å². The van der Waals surface area contributed by atoms with E-state index in [4.69, 9.17) is 16.6 Å². The average molecular weight is 442 g/mol. The second-order valence-corrected chi connectivity index (χ2v) is 8.35. The van der Waals surface area contributed by atoms with Gasteiger partial charge in [0.2, 0.25) is 0 Å².